The highest BCUT2D eigenvalue weighted by Crippen LogP contribution is 2.47. The number of anilines is 1. The number of fused-ring (bicyclic) bond motifs is 2. The summed E-state index contributed by atoms with van der Waals surface area (Å²) in [4.78, 5) is 27.1. The van der Waals surface area contributed by atoms with Gasteiger partial charge in [0.2, 0.25) is 5.88 Å². The van der Waals surface area contributed by atoms with E-state index in [2.05, 4.69) is 10.3 Å². The van der Waals surface area contributed by atoms with Crippen molar-refractivity contribution >= 4 is 11.6 Å². The maximum atomic E-state index is 14.4. The van der Waals surface area contributed by atoms with Gasteiger partial charge in [-0.3, -0.25) is 4.79 Å². The van der Waals surface area contributed by atoms with Crippen molar-refractivity contribution in [2.75, 3.05) is 50.8 Å². The number of aromatic nitrogens is 2. The topological polar surface area (TPSA) is 79.8 Å². The average molecular weight is 610 g/mol. The van der Waals surface area contributed by atoms with Crippen molar-refractivity contribution in [1.29, 1.82) is 0 Å². The van der Waals surface area contributed by atoms with Crippen LogP contribution < -0.4 is 19.7 Å². The summed E-state index contributed by atoms with van der Waals surface area (Å²) in [6.07, 6.45) is -0.274. The van der Waals surface area contributed by atoms with Gasteiger partial charge in [-0.1, -0.05) is 19.1 Å². The Morgan fingerprint density at radius 3 is 2.59 bits per heavy atom. The van der Waals surface area contributed by atoms with E-state index in [0.29, 0.717) is 74.9 Å². The van der Waals surface area contributed by atoms with Crippen LogP contribution in [0.5, 0.6) is 11.6 Å². The number of nitrogens with zero attached hydrogens (tertiary/aromatic N) is 4. The molecule has 0 aliphatic carbocycles. The first-order chi connectivity index (χ1) is 21.3. The van der Waals surface area contributed by atoms with E-state index >= 15 is 0 Å². The molecule has 1 N–H and O–H groups in total. The lowest BCUT2D eigenvalue weighted by Gasteiger charge is -2.50. The van der Waals surface area contributed by atoms with Gasteiger partial charge < -0.3 is 24.6 Å². The van der Waals surface area contributed by atoms with Crippen LogP contribution in [0.25, 0.3) is 11.3 Å². The number of amides is 1. The van der Waals surface area contributed by atoms with Crippen molar-refractivity contribution in [2.24, 2.45) is 0 Å². The Labute approximate surface area is 255 Å². The summed E-state index contributed by atoms with van der Waals surface area (Å²) >= 11 is 0. The highest BCUT2D eigenvalue weighted by molar-refractivity contribution is 5.96. The predicted octanol–water partition coefficient (Wildman–Crippen LogP) is 5.71. The number of rotatable bonds is 8. The Morgan fingerprint density at radius 1 is 1.07 bits per heavy atom. The number of piperidine rings is 1. The third-order valence-corrected chi connectivity index (χ3v) is 9.02. The quantitative estimate of drug-likeness (QED) is 0.351. The van der Waals surface area contributed by atoms with Crippen LogP contribution in [-0.2, 0) is 11.6 Å². The molecule has 0 saturated carbocycles. The third-order valence-electron chi connectivity index (χ3n) is 9.02. The van der Waals surface area contributed by atoms with Crippen molar-refractivity contribution in [3.05, 3.63) is 65.5 Å². The second-order valence-corrected chi connectivity index (χ2v) is 11.7. The van der Waals surface area contributed by atoms with Gasteiger partial charge in [0.25, 0.3) is 5.91 Å². The van der Waals surface area contributed by atoms with Gasteiger partial charge in [0.1, 0.15) is 17.0 Å². The maximum absolute atomic E-state index is 14.4. The van der Waals surface area contributed by atoms with E-state index in [1.165, 1.54) is 12.1 Å². The molecule has 2 saturated heterocycles. The van der Waals surface area contributed by atoms with Gasteiger partial charge in [-0.2, -0.15) is 13.2 Å². The molecule has 234 valence electrons. The SMILES string of the molecule is CCCOc1cccc(N2CCC3(CC2)CN([C@H]2CCNC2)C(=O)c2nc(-c4cccnc4OCC)ccc23)c1C(F)(F)F. The summed E-state index contributed by atoms with van der Waals surface area (Å²) in [7, 11) is 0. The van der Waals surface area contributed by atoms with Crippen LogP contribution >= 0.6 is 0 Å². The first-order valence-corrected chi connectivity index (χ1v) is 15.4. The molecule has 3 aliphatic rings. The molecule has 1 aromatic carbocycles. The normalized spacial score (nSPS) is 19.8. The van der Waals surface area contributed by atoms with Crippen molar-refractivity contribution < 1.29 is 27.4 Å². The van der Waals surface area contributed by atoms with Crippen LogP contribution in [-0.4, -0.2) is 72.8 Å². The molecule has 6 rings (SSSR count). The number of ether oxygens (including phenoxy) is 2. The minimum atomic E-state index is -4.56. The lowest BCUT2D eigenvalue weighted by Crippen LogP contribution is -2.57. The number of benzene rings is 1. The summed E-state index contributed by atoms with van der Waals surface area (Å²) in [6.45, 7) is 7.28. The van der Waals surface area contributed by atoms with E-state index in [4.69, 9.17) is 14.5 Å². The smallest absolute Gasteiger partial charge is 0.421 e. The Kier molecular flexibility index (Phi) is 8.41. The zero-order valence-electron chi connectivity index (χ0n) is 25.1. The van der Waals surface area contributed by atoms with Gasteiger partial charge in [0.15, 0.2) is 0 Å². The van der Waals surface area contributed by atoms with Crippen LogP contribution in [0.2, 0.25) is 0 Å². The van der Waals surface area contributed by atoms with Gasteiger partial charge >= 0.3 is 6.18 Å². The first kappa shape index (κ1) is 30.2. The lowest BCUT2D eigenvalue weighted by atomic mass is 9.69. The summed E-state index contributed by atoms with van der Waals surface area (Å²) in [6, 6.07) is 12.2. The second-order valence-electron chi connectivity index (χ2n) is 11.7. The Morgan fingerprint density at radius 2 is 1.89 bits per heavy atom. The molecule has 3 aromatic rings. The lowest BCUT2D eigenvalue weighted by molar-refractivity contribution is -0.138. The molecule has 3 aliphatic heterocycles. The minimum Gasteiger partial charge on any atom is -0.493 e. The number of pyridine rings is 2. The van der Waals surface area contributed by atoms with E-state index in [9.17, 15) is 18.0 Å². The minimum absolute atomic E-state index is 0.0395. The molecule has 44 heavy (non-hydrogen) atoms. The number of nitrogens with one attached hydrogen (secondary N) is 1. The van der Waals surface area contributed by atoms with Gasteiger partial charge in [-0.15, -0.1) is 0 Å². The van der Waals surface area contributed by atoms with Crippen molar-refractivity contribution in [1.82, 2.24) is 20.2 Å². The molecule has 8 nitrogen and oxygen atoms in total. The molecular weight excluding hydrogens is 571 g/mol. The van der Waals surface area contributed by atoms with E-state index in [0.717, 1.165) is 18.5 Å². The van der Waals surface area contributed by atoms with E-state index in [-0.39, 0.29) is 30.0 Å². The first-order valence-electron chi connectivity index (χ1n) is 15.4. The molecule has 1 amide bonds. The van der Waals surface area contributed by atoms with Crippen molar-refractivity contribution in [3.8, 4) is 22.9 Å². The molecule has 0 unspecified atom stereocenters. The van der Waals surface area contributed by atoms with Crippen molar-refractivity contribution in [3.63, 3.8) is 0 Å². The highest BCUT2D eigenvalue weighted by atomic mass is 19.4. The van der Waals surface area contributed by atoms with E-state index in [1.807, 2.05) is 47.9 Å². The maximum Gasteiger partial charge on any atom is 0.421 e. The van der Waals surface area contributed by atoms with Gasteiger partial charge in [0.05, 0.1) is 30.2 Å². The van der Waals surface area contributed by atoms with Gasteiger partial charge in [0, 0.05) is 43.8 Å². The van der Waals surface area contributed by atoms with Crippen LogP contribution in [0.15, 0.2) is 48.7 Å². The zero-order chi connectivity index (χ0) is 30.9. The molecule has 11 heteroatoms. The fourth-order valence-electron chi connectivity index (χ4n) is 6.86. The van der Waals surface area contributed by atoms with Crippen LogP contribution in [0.1, 0.15) is 61.1 Å². The number of hydrogen-bond donors (Lipinski definition) is 1. The zero-order valence-corrected chi connectivity index (χ0v) is 25.1. The molecule has 2 aromatic heterocycles. The number of halogens is 3. The van der Waals surface area contributed by atoms with Crippen LogP contribution in [0.4, 0.5) is 18.9 Å². The number of hydrogen-bond acceptors (Lipinski definition) is 7. The largest absolute Gasteiger partial charge is 0.493 e. The summed E-state index contributed by atoms with van der Waals surface area (Å²) in [5.74, 6) is 0.214. The van der Waals surface area contributed by atoms with E-state index < -0.39 is 17.2 Å². The standard InChI is InChI=1S/C33H38F3N5O3/c1-3-19-44-27-9-5-8-26(28(27)33(34,35)36)40-17-13-32(14-18-40)21-41(22-12-16-37-20-22)31(42)29-24(32)10-11-25(39-29)23-7-6-15-38-30(23)43-4-2/h5-11,15,22,37H,3-4,12-14,16-21H2,1-2H3/t22-/m0/s1. The summed E-state index contributed by atoms with van der Waals surface area (Å²) in [5, 5.41) is 3.37. The Balaban J connectivity index is 1.36. The molecular formula is C33H38F3N5O3. The average Bonchev–Trinajstić information content (AvgIpc) is 3.57. The molecule has 0 bridgehead atoms. The summed E-state index contributed by atoms with van der Waals surface area (Å²) < 4.78 is 54.4. The van der Waals surface area contributed by atoms with Crippen LogP contribution in [0, 0.1) is 0 Å². The predicted molar refractivity (Wildman–Crippen MR) is 161 cm³/mol. The molecule has 2 fully saturated rings. The Bertz CT molecular complexity index is 1500. The van der Waals surface area contributed by atoms with Crippen LogP contribution in [0.3, 0.4) is 0 Å². The third kappa shape index (κ3) is 5.58. The van der Waals surface area contributed by atoms with Gasteiger partial charge in [-0.05, 0) is 75.0 Å². The number of alkyl halides is 3. The molecule has 1 spiro atoms. The Hall–Kier alpha value is -3.86. The fourth-order valence-corrected chi connectivity index (χ4v) is 6.86. The van der Waals surface area contributed by atoms with Crippen molar-refractivity contribution in [2.45, 2.75) is 57.2 Å². The monoisotopic (exact) mass is 609 g/mol. The fraction of sp³-hybridized carbons (Fsp3) is 0.485. The van der Waals surface area contributed by atoms with E-state index in [1.54, 1.807) is 12.3 Å². The highest BCUT2D eigenvalue weighted by Gasteiger charge is 2.49. The molecule has 0 radical (unpaired) electrons. The van der Waals surface area contributed by atoms with Gasteiger partial charge in [-0.25, -0.2) is 9.97 Å². The molecule has 5 heterocycles. The summed E-state index contributed by atoms with van der Waals surface area (Å²) in [5.41, 5.74) is 1.57. The number of carbonyl (C=O) groups is 1. The number of carbonyl (C=O) groups excluding carboxylic acids is 1. The second kappa shape index (κ2) is 12.3. The molecule has 1 atom stereocenters.